The van der Waals surface area contributed by atoms with Gasteiger partial charge in [-0.05, 0) is 24.5 Å². The summed E-state index contributed by atoms with van der Waals surface area (Å²) in [5.41, 5.74) is 2.99. The van der Waals surface area contributed by atoms with Gasteiger partial charge >= 0.3 is 0 Å². The van der Waals surface area contributed by atoms with Crippen molar-refractivity contribution < 1.29 is 4.79 Å². The Labute approximate surface area is 102 Å². The van der Waals surface area contributed by atoms with Gasteiger partial charge in [-0.1, -0.05) is 20.8 Å². The highest BCUT2D eigenvalue weighted by molar-refractivity contribution is 5.94. The van der Waals surface area contributed by atoms with Crippen LogP contribution in [0.25, 0.3) is 0 Å². The van der Waals surface area contributed by atoms with Crippen LogP contribution in [0.2, 0.25) is 0 Å². The first-order valence-electron chi connectivity index (χ1n) is 5.58. The van der Waals surface area contributed by atoms with Crippen LogP contribution in [-0.4, -0.2) is 16.9 Å². The molecule has 1 aromatic heterocycles. The van der Waals surface area contributed by atoms with Gasteiger partial charge in [-0.3, -0.25) is 4.79 Å². The summed E-state index contributed by atoms with van der Waals surface area (Å²) in [4.78, 5) is 15.9. The van der Waals surface area contributed by atoms with Crippen molar-refractivity contribution in [2.45, 2.75) is 33.7 Å². The fourth-order valence-corrected chi connectivity index (χ4v) is 1.15. The molecule has 1 atom stereocenters. The lowest BCUT2D eigenvalue weighted by atomic mass is 9.88. The highest BCUT2D eigenvalue weighted by atomic mass is 16.1. The maximum absolute atomic E-state index is 12.0. The molecule has 0 saturated carbocycles. The molecule has 0 radical (unpaired) electrons. The molecule has 94 valence electrons. The van der Waals surface area contributed by atoms with E-state index in [1.807, 2.05) is 6.92 Å². The molecule has 0 saturated heterocycles. The lowest BCUT2D eigenvalue weighted by Crippen LogP contribution is -2.41. The van der Waals surface area contributed by atoms with E-state index in [0.29, 0.717) is 11.4 Å². The van der Waals surface area contributed by atoms with Gasteiger partial charge in [0.15, 0.2) is 0 Å². The van der Waals surface area contributed by atoms with Crippen LogP contribution in [0, 0.1) is 5.41 Å². The highest BCUT2D eigenvalue weighted by Crippen LogP contribution is 2.19. The highest BCUT2D eigenvalue weighted by Gasteiger charge is 2.22. The third-order valence-electron chi connectivity index (χ3n) is 2.82. The molecule has 0 aliphatic carbocycles. The number of rotatable bonds is 3. The average Bonchev–Trinajstić information content (AvgIpc) is 2.27. The smallest absolute Gasteiger partial charge is 0.251 e. The van der Waals surface area contributed by atoms with Crippen molar-refractivity contribution in [2.75, 3.05) is 5.43 Å². The molecule has 0 aliphatic heterocycles. The number of hydrazine groups is 1. The minimum Gasteiger partial charge on any atom is -0.349 e. The Morgan fingerprint density at radius 2 is 2.12 bits per heavy atom. The van der Waals surface area contributed by atoms with E-state index in [2.05, 4.69) is 36.5 Å². The SMILES string of the molecule is CC(NC(=O)c1ccnc(NN)c1)C(C)(C)C. The first kappa shape index (κ1) is 13.4. The van der Waals surface area contributed by atoms with E-state index in [-0.39, 0.29) is 17.4 Å². The van der Waals surface area contributed by atoms with Gasteiger partial charge < -0.3 is 10.7 Å². The molecule has 17 heavy (non-hydrogen) atoms. The summed E-state index contributed by atoms with van der Waals surface area (Å²) in [7, 11) is 0. The van der Waals surface area contributed by atoms with Gasteiger partial charge in [0, 0.05) is 17.8 Å². The summed E-state index contributed by atoms with van der Waals surface area (Å²) in [6.45, 7) is 8.23. The summed E-state index contributed by atoms with van der Waals surface area (Å²) in [6, 6.07) is 3.36. The van der Waals surface area contributed by atoms with Crippen LogP contribution in [-0.2, 0) is 0 Å². The van der Waals surface area contributed by atoms with Gasteiger partial charge in [-0.15, -0.1) is 0 Å². The molecule has 5 nitrogen and oxygen atoms in total. The van der Waals surface area contributed by atoms with Gasteiger partial charge in [-0.2, -0.15) is 0 Å². The van der Waals surface area contributed by atoms with Gasteiger partial charge in [0.05, 0.1) is 0 Å². The van der Waals surface area contributed by atoms with Crippen LogP contribution >= 0.6 is 0 Å². The van der Waals surface area contributed by atoms with Gasteiger partial charge in [0.1, 0.15) is 5.82 Å². The average molecular weight is 236 g/mol. The van der Waals surface area contributed by atoms with Crippen LogP contribution < -0.4 is 16.6 Å². The van der Waals surface area contributed by atoms with Gasteiger partial charge in [0.25, 0.3) is 5.91 Å². The number of nitrogens with two attached hydrogens (primary N) is 1. The number of anilines is 1. The number of hydrogen-bond donors (Lipinski definition) is 3. The number of pyridine rings is 1. The second kappa shape index (κ2) is 5.14. The molecule has 1 rings (SSSR count). The first-order valence-corrected chi connectivity index (χ1v) is 5.58. The number of nitrogen functional groups attached to an aromatic ring is 1. The largest absolute Gasteiger partial charge is 0.349 e. The zero-order chi connectivity index (χ0) is 13.1. The molecule has 1 heterocycles. The molecular weight excluding hydrogens is 216 g/mol. The molecule has 4 N–H and O–H groups in total. The van der Waals surface area contributed by atoms with Crippen molar-refractivity contribution in [3.8, 4) is 0 Å². The second-order valence-corrected chi connectivity index (χ2v) is 5.14. The number of nitrogens with one attached hydrogen (secondary N) is 2. The van der Waals surface area contributed by atoms with Crippen molar-refractivity contribution >= 4 is 11.7 Å². The van der Waals surface area contributed by atoms with Crippen molar-refractivity contribution in [3.63, 3.8) is 0 Å². The Hall–Kier alpha value is -1.62. The summed E-state index contributed by atoms with van der Waals surface area (Å²) >= 11 is 0. The topological polar surface area (TPSA) is 80.0 Å². The molecular formula is C12H20N4O. The molecule has 0 aromatic carbocycles. The Balaban J connectivity index is 2.76. The third kappa shape index (κ3) is 3.71. The van der Waals surface area contributed by atoms with E-state index < -0.39 is 0 Å². The van der Waals surface area contributed by atoms with E-state index >= 15 is 0 Å². The molecule has 0 bridgehead atoms. The lowest BCUT2D eigenvalue weighted by Gasteiger charge is -2.28. The third-order valence-corrected chi connectivity index (χ3v) is 2.82. The number of nitrogens with zero attached hydrogens (tertiary/aromatic N) is 1. The quantitative estimate of drug-likeness (QED) is 0.549. The predicted molar refractivity (Wildman–Crippen MR) is 68.4 cm³/mol. The Kier molecular flexibility index (Phi) is 4.07. The number of carbonyl (C=O) groups is 1. The fourth-order valence-electron chi connectivity index (χ4n) is 1.15. The van der Waals surface area contributed by atoms with E-state index in [4.69, 9.17) is 5.84 Å². The molecule has 0 aliphatic rings. The molecule has 1 amide bonds. The van der Waals surface area contributed by atoms with E-state index in [9.17, 15) is 4.79 Å². The maximum Gasteiger partial charge on any atom is 0.251 e. The van der Waals surface area contributed by atoms with Crippen LogP contribution in [0.4, 0.5) is 5.82 Å². The van der Waals surface area contributed by atoms with Crippen LogP contribution in [0.3, 0.4) is 0 Å². The normalized spacial score (nSPS) is 13.0. The van der Waals surface area contributed by atoms with E-state index in [1.165, 1.54) is 0 Å². The van der Waals surface area contributed by atoms with Crippen molar-refractivity contribution in [1.82, 2.24) is 10.3 Å². The summed E-state index contributed by atoms with van der Waals surface area (Å²) in [5, 5.41) is 2.95. The zero-order valence-electron chi connectivity index (χ0n) is 10.7. The number of aromatic nitrogens is 1. The van der Waals surface area contributed by atoms with E-state index in [0.717, 1.165) is 0 Å². The minimum absolute atomic E-state index is 0.0254. The monoisotopic (exact) mass is 236 g/mol. The fraction of sp³-hybridized carbons (Fsp3) is 0.500. The Morgan fingerprint density at radius 1 is 1.47 bits per heavy atom. The predicted octanol–water partition coefficient (Wildman–Crippen LogP) is 1.53. The summed E-state index contributed by atoms with van der Waals surface area (Å²) < 4.78 is 0. The Morgan fingerprint density at radius 3 is 2.65 bits per heavy atom. The van der Waals surface area contributed by atoms with Crippen molar-refractivity contribution in [3.05, 3.63) is 23.9 Å². The number of hydrogen-bond acceptors (Lipinski definition) is 4. The molecule has 1 aromatic rings. The number of carbonyl (C=O) groups excluding carboxylic acids is 1. The maximum atomic E-state index is 12.0. The van der Waals surface area contributed by atoms with Crippen molar-refractivity contribution in [1.29, 1.82) is 0 Å². The lowest BCUT2D eigenvalue weighted by molar-refractivity contribution is 0.0910. The van der Waals surface area contributed by atoms with Crippen molar-refractivity contribution in [2.24, 2.45) is 11.3 Å². The summed E-state index contributed by atoms with van der Waals surface area (Å²) in [6.07, 6.45) is 1.55. The van der Waals surface area contributed by atoms with Crippen LogP contribution in [0.15, 0.2) is 18.3 Å². The molecule has 0 spiro atoms. The van der Waals surface area contributed by atoms with E-state index in [1.54, 1.807) is 18.3 Å². The summed E-state index contributed by atoms with van der Waals surface area (Å²) in [5.74, 6) is 5.60. The minimum atomic E-state index is -0.119. The van der Waals surface area contributed by atoms with Crippen LogP contribution in [0.1, 0.15) is 38.1 Å². The van der Waals surface area contributed by atoms with Gasteiger partial charge in [0.2, 0.25) is 0 Å². The molecule has 5 heteroatoms. The first-order chi connectivity index (χ1) is 7.84. The molecule has 1 unspecified atom stereocenters. The zero-order valence-corrected chi connectivity index (χ0v) is 10.7. The second-order valence-electron chi connectivity index (χ2n) is 5.14. The standard InChI is InChI=1S/C12H20N4O/c1-8(12(2,3)4)15-11(17)9-5-6-14-10(7-9)16-13/h5-8H,13H2,1-4H3,(H,14,16)(H,15,17). The van der Waals surface area contributed by atoms with Crippen LogP contribution in [0.5, 0.6) is 0 Å². The Bertz CT molecular complexity index is 398. The number of amides is 1. The molecule has 0 fully saturated rings. The van der Waals surface area contributed by atoms with Gasteiger partial charge in [-0.25, -0.2) is 10.8 Å².